The molecule has 3 aromatic carbocycles. The lowest BCUT2D eigenvalue weighted by molar-refractivity contribution is -0.118. The fourth-order valence-electron chi connectivity index (χ4n) is 5.61. The lowest BCUT2D eigenvalue weighted by Gasteiger charge is -2.39. The van der Waals surface area contributed by atoms with Gasteiger partial charge in [-0.1, -0.05) is 30.7 Å². The van der Waals surface area contributed by atoms with Crippen LogP contribution in [-0.4, -0.2) is 59.6 Å². The molecule has 1 fully saturated rings. The highest BCUT2D eigenvalue weighted by Gasteiger charge is 2.25. The van der Waals surface area contributed by atoms with E-state index in [1.807, 2.05) is 38.1 Å². The molecular weight excluding hydrogens is 567 g/mol. The van der Waals surface area contributed by atoms with E-state index in [4.69, 9.17) is 0 Å². The quantitative estimate of drug-likeness (QED) is 0.191. The van der Waals surface area contributed by atoms with Crippen molar-refractivity contribution in [1.29, 1.82) is 0 Å². The van der Waals surface area contributed by atoms with Crippen LogP contribution in [0.2, 0.25) is 0 Å². The molecule has 1 amide bonds. The van der Waals surface area contributed by atoms with Gasteiger partial charge < -0.3 is 15.3 Å². The number of unbranched alkanes of at least 4 members (excludes halogenated alkanes) is 1. The molecule has 1 atom stereocenters. The molecule has 1 aliphatic heterocycles. The summed E-state index contributed by atoms with van der Waals surface area (Å²) in [5.41, 5.74) is 4.55. The number of phenolic OH excluding ortho intramolecular Hbond substituents is 1. The molecule has 1 heterocycles. The largest absolute Gasteiger partial charge is 0.508 e. The molecule has 0 aromatic heterocycles. The average molecular weight is 609 g/mol. The van der Waals surface area contributed by atoms with E-state index in [0.29, 0.717) is 6.54 Å². The maximum atomic E-state index is 13.5. The molecule has 41 heavy (non-hydrogen) atoms. The molecule has 4 rings (SSSR count). The molecule has 0 aliphatic carbocycles. The number of benzene rings is 3. The number of rotatable bonds is 10. The number of aromatic hydroxyl groups is 1. The zero-order valence-corrected chi connectivity index (χ0v) is 25.5. The smallest absolute Gasteiger partial charge is 0.238 e. The summed E-state index contributed by atoms with van der Waals surface area (Å²) in [5, 5.41) is 12.8. The van der Waals surface area contributed by atoms with Gasteiger partial charge in [0.2, 0.25) is 5.91 Å². The third kappa shape index (κ3) is 9.67. The molecule has 2 N–H and O–H groups in total. The van der Waals surface area contributed by atoms with Gasteiger partial charge in [-0.3, -0.25) is 9.69 Å². The van der Waals surface area contributed by atoms with Crippen molar-refractivity contribution in [2.45, 2.75) is 52.0 Å². The van der Waals surface area contributed by atoms with Gasteiger partial charge in [0.25, 0.3) is 0 Å². The van der Waals surface area contributed by atoms with Crippen molar-refractivity contribution in [3.05, 3.63) is 94.6 Å². The van der Waals surface area contributed by atoms with Crippen LogP contribution in [0, 0.1) is 25.5 Å². The van der Waals surface area contributed by atoms with Gasteiger partial charge in [0.05, 0.1) is 6.54 Å². The normalized spacial score (nSPS) is 15.7. The minimum Gasteiger partial charge on any atom is -0.508 e. The first-order chi connectivity index (χ1) is 18.7. The van der Waals surface area contributed by atoms with Gasteiger partial charge in [-0.25, -0.2) is 8.78 Å². The molecule has 0 bridgehead atoms. The van der Waals surface area contributed by atoms with Gasteiger partial charge in [-0.2, -0.15) is 0 Å². The van der Waals surface area contributed by atoms with Crippen molar-refractivity contribution in [2.24, 2.45) is 0 Å². The topological polar surface area (TPSA) is 55.8 Å². The van der Waals surface area contributed by atoms with Crippen LogP contribution in [0.3, 0.4) is 0 Å². The molecule has 5 nitrogen and oxygen atoms in total. The number of carbonyl (C=O) groups excluding carboxylic acids is 1. The van der Waals surface area contributed by atoms with Crippen LogP contribution < -0.4 is 5.32 Å². The van der Waals surface area contributed by atoms with Gasteiger partial charge >= 0.3 is 0 Å². The Morgan fingerprint density at radius 3 is 1.98 bits per heavy atom. The molecule has 224 valence electrons. The third-order valence-corrected chi connectivity index (χ3v) is 7.74. The fraction of sp³-hybridized carbons (Fsp3) is 0.406. The number of amides is 1. The summed E-state index contributed by atoms with van der Waals surface area (Å²) >= 11 is 0. The number of carbonyl (C=O) groups is 1. The number of nitrogens with one attached hydrogen (secondary N) is 1. The predicted octanol–water partition coefficient (Wildman–Crippen LogP) is 7.08. The monoisotopic (exact) mass is 607 g/mol. The minimum atomic E-state index is -0.257. The van der Waals surface area contributed by atoms with Crippen molar-refractivity contribution in [2.75, 3.05) is 38.0 Å². The van der Waals surface area contributed by atoms with E-state index in [-0.39, 0.29) is 60.1 Å². The summed E-state index contributed by atoms with van der Waals surface area (Å²) in [6.07, 6.45) is 2.94. The van der Waals surface area contributed by atoms with Crippen molar-refractivity contribution >= 4 is 36.4 Å². The van der Waals surface area contributed by atoms with Crippen molar-refractivity contribution in [3.8, 4) is 5.75 Å². The van der Waals surface area contributed by atoms with E-state index in [1.54, 1.807) is 12.1 Å². The van der Waals surface area contributed by atoms with E-state index in [1.165, 1.54) is 24.3 Å². The number of piperazine rings is 1. The number of anilines is 1. The van der Waals surface area contributed by atoms with E-state index < -0.39 is 0 Å². The SMILES string of the molecule is Cc1cc(O)cc(C)c1NC(=O)CN1CCN(CCCCC(c2ccc(F)cc2)c2ccc(F)cc2)CC1C.Cl.Cl. The molecule has 0 spiro atoms. The number of nitrogens with zero attached hydrogens (tertiary/aromatic N) is 2. The fourth-order valence-corrected chi connectivity index (χ4v) is 5.61. The zero-order chi connectivity index (χ0) is 27.9. The Morgan fingerprint density at radius 1 is 0.927 bits per heavy atom. The molecule has 1 saturated heterocycles. The number of hydrogen-bond donors (Lipinski definition) is 2. The lowest BCUT2D eigenvalue weighted by atomic mass is 9.87. The highest BCUT2D eigenvalue weighted by molar-refractivity contribution is 5.94. The lowest BCUT2D eigenvalue weighted by Crippen LogP contribution is -2.53. The maximum Gasteiger partial charge on any atom is 0.238 e. The van der Waals surface area contributed by atoms with E-state index >= 15 is 0 Å². The van der Waals surface area contributed by atoms with Crippen LogP contribution in [0.4, 0.5) is 14.5 Å². The Kier molecular flexibility index (Phi) is 13.5. The summed E-state index contributed by atoms with van der Waals surface area (Å²) in [6, 6.07) is 16.8. The van der Waals surface area contributed by atoms with Crippen molar-refractivity contribution < 1.29 is 18.7 Å². The standard InChI is InChI=1S/C32H39F2N3O2.2ClH/c1-22-18-29(38)19-23(2)32(22)35-31(39)21-37-17-16-36(20-24(37)3)15-5-4-6-30(25-7-11-27(33)12-8-25)26-9-13-28(34)14-10-26;;/h7-14,18-19,24,30,38H,4-6,15-17,20-21H2,1-3H3,(H,35,39);2*1H. The van der Waals surface area contributed by atoms with E-state index in [2.05, 4.69) is 22.0 Å². The van der Waals surface area contributed by atoms with Crippen molar-refractivity contribution in [1.82, 2.24) is 9.80 Å². The van der Waals surface area contributed by atoms with Crippen LogP contribution >= 0.6 is 24.8 Å². The summed E-state index contributed by atoms with van der Waals surface area (Å²) in [7, 11) is 0. The van der Waals surface area contributed by atoms with Crippen molar-refractivity contribution in [3.63, 3.8) is 0 Å². The summed E-state index contributed by atoms with van der Waals surface area (Å²) in [6.45, 7) is 9.89. The van der Waals surface area contributed by atoms with E-state index in [9.17, 15) is 18.7 Å². The second-order valence-corrected chi connectivity index (χ2v) is 10.8. The Hall–Kier alpha value is -2.71. The Labute approximate surface area is 254 Å². The molecule has 9 heteroatoms. The number of halogens is 4. The summed E-state index contributed by atoms with van der Waals surface area (Å²) in [5.74, 6) is -0.254. The Balaban J connectivity index is 0.00000294. The van der Waals surface area contributed by atoms with E-state index in [0.717, 1.165) is 73.4 Å². The maximum absolute atomic E-state index is 13.5. The summed E-state index contributed by atoms with van der Waals surface area (Å²) in [4.78, 5) is 17.4. The van der Waals surface area contributed by atoms with Crippen LogP contribution in [-0.2, 0) is 4.79 Å². The highest BCUT2D eigenvalue weighted by Crippen LogP contribution is 2.30. The average Bonchev–Trinajstić information content (AvgIpc) is 2.89. The molecule has 1 aliphatic rings. The summed E-state index contributed by atoms with van der Waals surface area (Å²) < 4.78 is 27.0. The highest BCUT2D eigenvalue weighted by atomic mass is 35.5. The van der Waals surface area contributed by atoms with Crippen LogP contribution in [0.15, 0.2) is 60.7 Å². The predicted molar refractivity (Wildman–Crippen MR) is 167 cm³/mol. The second kappa shape index (κ2) is 16.1. The molecule has 1 unspecified atom stereocenters. The third-order valence-electron chi connectivity index (χ3n) is 7.74. The van der Waals surface area contributed by atoms with Gasteiger partial charge in [-0.05, 0) is 98.8 Å². The van der Waals surface area contributed by atoms with Crippen LogP contribution in [0.5, 0.6) is 5.75 Å². The van der Waals surface area contributed by atoms with Gasteiger partial charge in [0.1, 0.15) is 17.4 Å². The first-order valence-corrected chi connectivity index (χ1v) is 13.8. The molecular formula is C32H41Cl2F2N3O2. The molecule has 0 radical (unpaired) electrons. The van der Waals surface area contributed by atoms with Gasteiger partial charge in [0, 0.05) is 37.3 Å². The molecule has 0 saturated carbocycles. The molecule has 3 aromatic rings. The number of hydrogen-bond acceptors (Lipinski definition) is 4. The Morgan fingerprint density at radius 2 is 1.46 bits per heavy atom. The first-order valence-electron chi connectivity index (χ1n) is 13.8. The first kappa shape index (κ1) is 34.5. The van der Waals surface area contributed by atoms with Crippen LogP contribution in [0.25, 0.3) is 0 Å². The number of phenols is 1. The zero-order valence-electron chi connectivity index (χ0n) is 23.9. The second-order valence-electron chi connectivity index (χ2n) is 10.8. The minimum absolute atomic E-state index is 0. The Bertz CT molecular complexity index is 1190. The van der Waals surface area contributed by atoms with Gasteiger partial charge in [0.15, 0.2) is 0 Å². The number of aryl methyl sites for hydroxylation is 2. The van der Waals surface area contributed by atoms with Gasteiger partial charge in [-0.15, -0.1) is 24.8 Å². The van der Waals surface area contributed by atoms with Crippen LogP contribution in [0.1, 0.15) is 54.4 Å².